The van der Waals surface area contributed by atoms with Gasteiger partial charge in [-0.15, -0.1) is 0 Å². The Labute approximate surface area is 167 Å². The third-order valence-corrected chi connectivity index (χ3v) is 6.74. The van der Waals surface area contributed by atoms with Crippen LogP contribution in [0.1, 0.15) is 37.0 Å². The van der Waals surface area contributed by atoms with Crippen molar-refractivity contribution in [3.8, 4) is 0 Å². The highest BCUT2D eigenvalue weighted by Crippen LogP contribution is 2.58. The molecule has 0 amide bonds. The standard InChI is InChI=1S/C20H19F2N3O3S/c1-20(2)17(18(20)25-29(26,27)14-6-4-3-5-7-14)19-23-16(28-24-19)10-12-8-9-13(21)11-15(12)22/h3-9,11,17-18,25H,10H2,1-2H3/t17-,18-/m0/s1. The second-order valence-corrected chi connectivity index (χ2v) is 9.38. The van der Waals surface area contributed by atoms with Crippen molar-refractivity contribution in [3.05, 3.63) is 77.4 Å². The lowest BCUT2D eigenvalue weighted by atomic mass is 10.1. The molecule has 2 aromatic carbocycles. The average Bonchev–Trinajstić information content (AvgIpc) is 3.00. The lowest BCUT2D eigenvalue weighted by Crippen LogP contribution is -2.29. The number of nitrogens with zero attached hydrogens (tertiary/aromatic N) is 2. The molecule has 2 atom stereocenters. The SMILES string of the molecule is CC1(C)[C@H](c2noc(Cc3ccc(F)cc3F)n2)[C@@H]1NS(=O)(=O)c1ccccc1. The Hall–Kier alpha value is -2.65. The van der Waals surface area contributed by atoms with E-state index in [9.17, 15) is 17.2 Å². The molecule has 9 heteroatoms. The predicted octanol–water partition coefficient (Wildman–Crippen LogP) is 3.41. The number of nitrogens with one attached hydrogen (secondary N) is 1. The number of hydrogen-bond acceptors (Lipinski definition) is 5. The van der Waals surface area contributed by atoms with Gasteiger partial charge in [-0.25, -0.2) is 21.9 Å². The minimum Gasteiger partial charge on any atom is -0.339 e. The van der Waals surface area contributed by atoms with E-state index in [0.29, 0.717) is 5.82 Å². The first kappa shape index (κ1) is 19.7. The van der Waals surface area contributed by atoms with E-state index in [-0.39, 0.29) is 28.7 Å². The summed E-state index contributed by atoms with van der Waals surface area (Å²) in [6, 6.07) is 11.0. The molecule has 4 rings (SSSR count). The molecule has 0 unspecified atom stereocenters. The second kappa shape index (κ2) is 7.00. The molecule has 29 heavy (non-hydrogen) atoms. The maximum absolute atomic E-state index is 13.8. The van der Waals surface area contributed by atoms with Crippen LogP contribution in [0.3, 0.4) is 0 Å². The zero-order valence-electron chi connectivity index (χ0n) is 15.8. The first-order valence-corrected chi connectivity index (χ1v) is 10.5. The summed E-state index contributed by atoms with van der Waals surface area (Å²) in [5.74, 6) is -1.10. The van der Waals surface area contributed by atoms with Crippen LogP contribution in [-0.4, -0.2) is 24.6 Å². The fourth-order valence-electron chi connectivity index (χ4n) is 3.47. The summed E-state index contributed by atoms with van der Waals surface area (Å²) in [5, 5.41) is 3.95. The highest BCUT2D eigenvalue weighted by Gasteiger charge is 2.62. The van der Waals surface area contributed by atoms with Gasteiger partial charge in [0, 0.05) is 18.0 Å². The van der Waals surface area contributed by atoms with Crippen molar-refractivity contribution >= 4 is 10.0 Å². The van der Waals surface area contributed by atoms with E-state index in [2.05, 4.69) is 14.9 Å². The van der Waals surface area contributed by atoms with Crippen LogP contribution < -0.4 is 4.72 Å². The fraction of sp³-hybridized carbons (Fsp3) is 0.300. The predicted molar refractivity (Wildman–Crippen MR) is 101 cm³/mol. The van der Waals surface area contributed by atoms with Crippen LogP contribution in [0.2, 0.25) is 0 Å². The van der Waals surface area contributed by atoms with Crippen molar-refractivity contribution in [3.63, 3.8) is 0 Å². The first-order valence-electron chi connectivity index (χ1n) is 9.02. The maximum atomic E-state index is 13.8. The monoisotopic (exact) mass is 419 g/mol. The molecule has 0 bridgehead atoms. The summed E-state index contributed by atoms with van der Waals surface area (Å²) in [5.41, 5.74) is -0.178. The smallest absolute Gasteiger partial charge is 0.240 e. The summed E-state index contributed by atoms with van der Waals surface area (Å²) in [6.45, 7) is 3.82. The van der Waals surface area contributed by atoms with Gasteiger partial charge in [0.25, 0.3) is 0 Å². The largest absolute Gasteiger partial charge is 0.339 e. The maximum Gasteiger partial charge on any atom is 0.240 e. The Kier molecular flexibility index (Phi) is 4.74. The molecule has 0 spiro atoms. The number of halogens is 2. The molecule has 1 N–H and O–H groups in total. The van der Waals surface area contributed by atoms with E-state index in [4.69, 9.17) is 4.52 Å². The van der Waals surface area contributed by atoms with Crippen LogP contribution >= 0.6 is 0 Å². The molecule has 6 nitrogen and oxygen atoms in total. The van der Waals surface area contributed by atoms with Crippen molar-refractivity contribution < 1.29 is 21.7 Å². The van der Waals surface area contributed by atoms with Gasteiger partial charge >= 0.3 is 0 Å². The summed E-state index contributed by atoms with van der Waals surface area (Å²) < 4.78 is 60.0. The van der Waals surface area contributed by atoms with Crippen LogP contribution in [-0.2, 0) is 16.4 Å². The summed E-state index contributed by atoms with van der Waals surface area (Å²) in [6.07, 6.45) is 0.0205. The minimum absolute atomic E-state index is 0.0205. The Balaban J connectivity index is 1.51. The average molecular weight is 419 g/mol. The van der Waals surface area contributed by atoms with Crippen LogP contribution in [0.4, 0.5) is 8.78 Å². The molecule has 1 saturated carbocycles. The van der Waals surface area contributed by atoms with Gasteiger partial charge < -0.3 is 4.52 Å². The molecule has 1 fully saturated rings. The number of sulfonamides is 1. The second-order valence-electron chi connectivity index (χ2n) is 7.67. The number of aromatic nitrogens is 2. The highest BCUT2D eigenvalue weighted by molar-refractivity contribution is 7.89. The molecule has 3 aromatic rings. The molecular formula is C20H19F2N3O3S. The molecule has 1 heterocycles. The quantitative estimate of drug-likeness (QED) is 0.662. The van der Waals surface area contributed by atoms with E-state index in [1.54, 1.807) is 18.2 Å². The van der Waals surface area contributed by atoms with Crippen LogP contribution in [0, 0.1) is 17.0 Å². The Bertz CT molecular complexity index is 1150. The Morgan fingerprint density at radius 3 is 2.55 bits per heavy atom. The van der Waals surface area contributed by atoms with E-state index >= 15 is 0 Å². The van der Waals surface area contributed by atoms with Crippen molar-refractivity contribution in [1.29, 1.82) is 0 Å². The van der Waals surface area contributed by atoms with Gasteiger partial charge in [-0.05, 0) is 29.2 Å². The van der Waals surface area contributed by atoms with E-state index < -0.39 is 33.1 Å². The molecular weight excluding hydrogens is 400 g/mol. The number of benzene rings is 2. The van der Waals surface area contributed by atoms with Gasteiger partial charge in [0.1, 0.15) is 11.6 Å². The normalized spacial score (nSPS) is 20.6. The zero-order chi connectivity index (χ0) is 20.8. The lowest BCUT2D eigenvalue weighted by molar-refractivity contribution is 0.376. The van der Waals surface area contributed by atoms with Crippen LogP contribution in [0.5, 0.6) is 0 Å². The highest BCUT2D eigenvalue weighted by atomic mass is 32.2. The summed E-state index contributed by atoms with van der Waals surface area (Å²) in [4.78, 5) is 4.49. The topological polar surface area (TPSA) is 85.1 Å². The molecule has 1 aliphatic carbocycles. The minimum atomic E-state index is -3.68. The Morgan fingerprint density at radius 2 is 1.86 bits per heavy atom. The Morgan fingerprint density at radius 1 is 1.14 bits per heavy atom. The first-order chi connectivity index (χ1) is 13.7. The van der Waals surface area contributed by atoms with Gasteiger partial charge in [0.15, 0.2) is 5.82 Å². The molecule has 0 aliphatic heterocycles. The third kappa shape index (κ3) is 3.79. The molecule has 1 aliphatic rings. The molecule has 0 saturated heterocycles. The van der Waals surface area contributed by atoms with E-state index in [1.165, 1.54) is 18.2 Å². The van der Waals surface area contributed by atoms with Gasteiger partial charge in [-0.1, -0.05) is 43.3 Å². The summed E-state index contributed by atoms with van der Waals surface area (Å²) >= 11 is 0. The summed E-state index contributed by atoms with van der Waals surface area (Å²) in [7, 11) is -3.68. The van der Waals surface area contributed by atoms with E-state index in [0.717, 1.165) is 12.1 Å². The van der Waals surface area contributed by atoms with Crippen molar-refractivity contribution in [2.24, 2.45) is 5.41 Å². The van der Waals surface area contributed by atoms with Crippen LogP contribution in [0.15, 0.2) is 57.9 Å². The van der Waals surface area contributed by atoms with Crippen molar-refractivity contribution in [2.45, 2.75) is 37.1 Å². The lowest BCUT2D eigenvalue weighted by Gasteiger charge is -2.07. The van der Waals surface area contributed by atoms with E-state index in [1.807, 2.05) is 13.8 Å². The number of rotatable bonds is 6. The van der Waals surface area contributed by atoms with Gasteiger partial charge in [0.2, 0.25) is 15.9 Å². The van der Waals surface area contributed by atoms with Gasteiger partial charge in [-0.2, -0.15) is 4.98 Å². The molecule has 1 aromatic heterocycles. The van der Waals surface area contributed by atoms with Gasteiger partial charge in [-0.3, -0.25) is 0 Å². The van der Waals surface area contributed by atoms with Crippen LogP contribution in [0.25, 0.3) is 0 Å². The fourth-order valence-corrected chi connectivity index (χ4v) is 4.89. The zero-order valence-corrected chi connectivity index (χ0v) is 16.6. The third-order valence-electron chi connectivity index (χ3n) is 5.28. The van der Waals surface area contributed by atoms with Crippen molar-refractivity contribution in [1.82, 2.24) is 14.9 Å². The molecule has 0 radical (unpaired) electrons. The van der Waals surface area contributed by atoms with Crippen molar-refractivity contribution in [2.75, 3.05) is 0 Å². The molecule has 152 valence electrons. The number of hydrogen-bond donors (Lipinski definition) is 1. The van der Waals surface area contributed by atoms with Gasteiger partial charge in [0.05, 0.1) is 11.3 Å².